The number of carbonyl (C=O) groups is 2. The second-order valence-electron chi connectivity index (χ2n) is 8.34. The van der Waals surface area contributed by atoms with Crippen LogP contribution in [-0.2, 0) is 16.0 Å². The molecular formula is C25H32N2O2. The molecule has 2 amide bonds. The van der Waals surface area contributed by atoms with E-state index in [-0.39, 0.29) is 23.7 Å². The lowest BCUT2D eigenvalue weighted by molar-refractivity contribution is -0.128. The van der Waals surface area contributed by atoms with Gasteiger partial charge in [-0.2, -0.15) is 0 Å². The smallest absolute Gasteiger partial charge is 0.227 e. The normalized spacial score (nSPS) is 19.0. The Labute approximate surface area is 174 Å². The summed E-state index contributed by atoms with van der Waals surface area (Å²) < 4.78 is 0. The molecule has 4 heteroatoms. The van der Waals surface area contributed by atoms with Crippen molar-refractivity contribution >= 4 is 17.5 Å². The predicted octanol–water partition coefficient (Wildman–Crippen LogP) is 4.91. The van der Waals surface area contributed by atoms with Gasteiger partial charge < -0.3 is 10.6 Å². The van der Waals surface area contributed by atoms with E-state index >= 15 is 0 Å². The van der Waals surface area contributed by atoms with Gasteiger partial charge in [0.05, 0.1) is 0 Å². The fraction of sp³-hybridized carbons (Fsp3) is 0.440. The average Bonchev–Trinajstić information content (AvgIpc) is 2.75. The molecule has 1 saturated carbocycles. The minimum atomic E-state index is -0.00635. The van der Waals surface area contributed by atoms with Gasteiger partial charge in [-0.25, -0.2) is 0 Å². The first-order valence-electron chi connectivity index (χ1n) is 10.8. The first kappa shape index (κ1) is 21.1. The van der Waals surface area contributed by atoms with Crippen molar-refractivity contribution in [2.24, 2.45) is 11.8 Å². The van der Waals surface area contributed by atoms with Crippen molar-refractivity contribution in [2.45, 2.75) is 51.9 Å². The van der Waals surface area contributed by atoms with Gasteiger partial charge in [-0.15, -0.1) is 0 Å². The molecule has 0 aromatic heterocycles. The molecular weight excluding hydrogens is 360 g/mol. The Morgan fingerprint density at radius 1 is 0.862 bits per heavy atom. The largest absolute Gasteiger partial charge is 0.356 e. The van der Waals surface area contributed by atoms with Crippen LogP contribution in [0.2, 0.25) is 0 Å². The molecule has 0 spiro atoms. The summed E-state index contributed by atoms with van der Waals surface area (Å²) in [6, 6.07) is 18.3. The molecule has 29 heavy (non-hydrogen) atoms. The highest BCUT2D eigenvalue weighted by Crippen LogP contribution is 2.30. The molecule has 0 bridgehead atoms. The van der Waals surface area contributed by atoms with Crippen molar-refractivity contribution in [1.29, 1.82) is 0 Å². The Morgan fingerprint density at radius 2 is 1.45 bits per heavy atom. The van der Waals surface area contributed by atoms with Gasteiger partial charge in [0.15, 0.2) is 0 Å². The summed E-state index contributed by atoms with van der Waals surface area (Å²) in [5.41, 5.74) is 3.34. The molecule has 1 aliphatic carbocycles. The van der Waals surface area contributed by atoms with E-state index in [1.54, 1.807) is 0 Å². The van der Waals surface area contributed by atoms with E-state index < -0.39 is 0 Å². The van der Waals surface area contributed by atoms with Crippen LogP contribution in [0, 0.1) is 11.8 Å². The summed E-state index contributed by atoms with van der Waals surface area (Å²) in [5.74, 6) is 0.705. The Morgan fingerprint density at radius 3 is 2.03 bits per heavy atom. The molecule has 0 saturated heterocycles. The lowest BCUT2D eigenvalue weighted by Gasteiger charge is -2.27. The number of anilines is 1. The second kappa shape index (κ2) is 10.2. The van der Waals surface area contributed by atoms with Crippen LogP contribution >= 0.6 is 0 Å². The molecule has 1 fully saturated rings. The Kier molecular flexibility index (Phi) is 7.45. The third-order valence-corrected chi connectivity index (χ3v) is 5.87. The van der Waals surface area contributed by atoms with Crippen molar-refractivity contribution in [3.63, 3.8) is 0 Å². The van der Waals surface area contributed by atoms with Crippen LogP contribution in [0.25, 0.3) is 0 Å². The van der Waals surface area contributed by atoms with Crippen molar-refractivity contribution in [1.82, 2.24) is 5.32 Å². The van der Waals surface area contributed by atoms with Gasteiger partial charge >= 0.3 is 0 Å². The van der Waals surface area contributed by atoms with Gasteiger partial charge in [-0.05, 0) is 61.3 Å². The lowest BCUT2D eigenvalue weighted by atomic mass is 9.81. The van der Waals surface area contributed by atoms with Gasteiger partial charge in [0.2, 0.25) is 11.8 Å². The minimum Gasteiger partial charge on any atom is -0.356 e. The van der Waals surface area contributed by atoms with E-state index in [0.717, 1.165) is 37.8 Å². The van der Waals surface area contributed by atoms with Crippen molar-refractivity contribution in [2.75, 3.05) is 11.9 Å². The SMILES string of the molecule is CC(C)c1ccc(NC(=O)C2CCC(C(=O)NCCc3ccccc3)CC2)cc1. The van der Waals surface area contributed by atoms with E-state index in [4.69, 9.17) is 0 Å². The zero-order valence-corrected chi connectivity index (χ0v) is 17.5. The van der Waals surface area contributed by atoms with E-state index in [0.29, 0.717) is 12.5 Å². The summed E-state index contributed by atoms with van der Waals surface area (Å²) in [5, 5.41) is 6.09. The van der Waals surface area contributed by atoms with Crippen LogP contribution < -0.4 is 10.6 Å². The standard InChI is InChI=1S/C25H32N2O2/c1-18(2)20-12-14-23(15-13-20)27-25(29)22-10-8-21(9-11-22)24(28)26-17-16-19-6-4-3-5-7-19/h3-7,12-15,18,21-22H,8-11,16-17H2,1-2H3,(H,26,28)(H,27,29). The van der Waals surface area contributed by atoms with Crippen molar-refractivity contribution in [3.05, 3.63) is 65.7 Å². The molecule has 154 valence electrons. The number of rotatable bonds is 7. The molecule has 1 aliphatic rings. The summed E-state index contributed by atoms with van der Waals surface area (Å²) in [7, 11) is 0. The monoisotopic (exact) mass is 392 g/mol. The van der Waals surface area contributed by atoms with E-state index in [1.807, 2.05) is 30.3 Å². The molecule has 3 rings (SSSR count). The van der Waals surface area contributed by atoms with Crippen LogP contribution in [0.3, 0.4) is 0 Å². The van der Waals surface area contributed by atoms with Gasteiger partial charge in [0, 0.05) is 24.1 Å². The number of hydrogen-bond donors (Lipinski definition) is 2. The highest BCUT2D eigenvalue weighted by atomic mass is 16.2. The van der Waals surface area contributed by atoms with Crippen LogP contribution in [-0.4, -0.2) is 18.4 Å². The summed E-state index contributed by atoms with van der Waals surface area (Å²) in [6.07, 6.45) is 3.95. The van der Waals surface area contributed by atoms with Gasteiger partial charge in [0.25, 0.3) is 0 Å². The maximum atomic E-state index is 12.6. The highest BCUT2D eigenvalue weighted by molar-refractivity contribution is 5.92. The maximum Gasteiger partial charge on any atom is 0.227 e. The van der Waals surface area contributed by atoms with E-state index in [9.17, 15) is 9.59 Å². The topological polar surface area (TPSA) is 58.2 Å². The Balaban J connectivity index is 1.39. The predicted molar refractivity (Wildman–Crippen MR) is 118 cm³/mol. The zero-order valence-electron chi connectivity index (χ0n) is 17.5. The zero-order chi connectivity index (χ0) is 20.6. The lowest BCUT2D eigenvalue weighted by Crippen LogP contribution is -2.36. The average molecular weight is 393 g/mol. The quantitative estimate of drug-likeness (QED) is 0.703. The maximum absolute atomic E-state index is 12.6. The van der Waals surface area contributed by atoms with Gasteiger partial charge in [-0.3, -0.25) is 9.59 Å². The van der Waals surface area contributed by atoms with Gasteiger partial charge in [-0.1, -0.05) is 56.3 Å². The van der Waals surface area contributed by atoms with Crippen molar-refractivity contribution < 1.29 is 9.59 Å². The third kappa shape index (κ3) is 6.18. The molecule has 0 heterocycles. The van der Waals surface area contributed by atoms with Crippen LogP contribution in [0.4, 0.5) is 5.69 Å². The number of hydrogen-bond acceptors (Lipinski definition) is 2. The first-order chi connectivity index (χ1) is 14.0. The first-order valence-corrected chi connectivity index (χ1v) is 10.8. The molecule has 2 aromatic carbocycles. The molecule has 0 aliphatic heterocycles. The number of benzene rings is 2. The van der Waals surface area contributed by atoms with Gasteiger partial charge in [0.1, 0.15) is 0 Å². The minimum absolute atomic E-state index is 0.00635. The molecule has 0 unspecified atom stereocenters. The number of nitrogens with one attached hydrogen (secondary N) is 2. The molecule has 2 N–H and O–H groups in total. The highest BCUT2D eigenvalue weighted by Gasteiger charge is 2.29. The number of amides is 2. The summed E-state index contributed by atoms with van der Waals surface area (Å²) >= 11 is 0. The third-order valence-electron chi connectivity index (χ3n) is 5.87. The molecule has 4 nitrogen and oxygen atoms in total. The fourth-order valence-corrected chi connectivity index (χ4v) is 3.93. The Bertz CT molecular complexity index is 791. The molecule has 2 aromatic rings. The summed E-state index contributed by atoms with van der Waals surface area (Å²) in [4.78, 5) is 25.0. The number of carbonyl (C=O) groups excluding carboxylic acids is 2. The molecule has 0 radical (unpaired) electrons. The van der Waals surface area contributed by atoms with E-state index in [2.05, 4.69) is 48.7 Å². The van der Waals surface area contributed by atoms with Crippen LogP contribution in [0.15, 0.2) is 54.6 Å². The summed E-state index contributed by atoms with van der Waals surface area (Å²) in [6.45, 7) is 4.98. The fourth-order valence-electron chi connectivity index (χ4n) is 3.93. The van der Waals surface area contributed by atoms with Crippen LogP contribution in [0.5, 0.6) is 0 Å². The molecule has 0 atom stereocenters. The van der Waals surface area contributed by atoms with Crippen LogP contribution in [0.1, 0.15) is 56.6 Å². The Hall–Kier alpha value is -2.62. The van der Waals surface area contributed by atoms with E-state index in [1.165, 1.54) is 11.1 Å². The second-order valence-corrected chi connectivity index (χ2v) is 8.34. The van der Waals surface area contributed by atoms with Crippen molar-refractivity contribution in [3.8, 4) is 0 Å².